The monoisotopic (exact) mass is 259 g/mol. The van der Waals surface area contributed by atoms with Crippen LogP contribution in [0.25, 0.3) is 5.69 Å². The summed E-state index contributed by atoms with van der Waals surface area (Å²) >= 11 is 0. The summed E-state index contributed by atoms with van der Waals surface area (Å²) in [6.07, 6.45) is 2.26. The van der Waals surface area contributed by atoms with E-state index in [4.69, 9.17) is 0 Å². The van der Waals surface area contributed by atoms with Gasteiger partial charge in [0.1, 0.15) is 5.56 Å². The highest BCUT2D eigenvalue weighted by Gasteiger charge is 2.17. The summed E-state index contributed by atoms with van der Waals surface area (Å²) < 4.78 is 1.70. The van der Waals surface area contributed by atoms with Crippen LogP contribution >= 0.6 is 0 Å². The first-order valence-corrected chi connectivity index (χ1v) is 6.21. The first-order chi connectivity index (χ1) is 8.95. The van der Waals surface area contributed by atoms with E-state index < -0.39 is 5.97 Å². The molecule has 0 aromatic carbocycles. The molecular weight excluding hydrogens is 242 g/mol. The molecule has 0 aliphatic heterocycles. The minimum Gasteiger partial charge on any atom is -0.478 e. The van der Waals surface area contributed by atoms with Crippen molar-refractivity contribution in [1.29, 1.82) is 0 Å². The molecule has 0 spiro atoms. The lowest BCUT2D eigenvalue weighted by molar-refractivity contribution is 0.0696. The van der Waals surface area contributed by atoms with Crippen molar-refractivity contribution in [2.45, 2.75) is 34.1 Å². The lowest BCUT2D eigenvalue weighted by Crippen LogP contribution is -2.09. The smallest absolute Gasteiger partial charge is 0.339 e. The quantitative estimate of drug-likeness (QED) is 0.919. The molecule has 0 amide bonds. The first kappa shape index (κ1) is 13.3. The summed E-state index contributed by atoms with van der Waals surface area (Å²) in [5.74, 6) is -0.992. The maximum Gasteiger partial charge on any atom is 0.339 e. The molecule has 0 saturated carbocycles. The minimum absolute atomic E-state index is 0.166. The summed E-state index contributed by atoms with van der Waals surface area (Å²) in [4.78, 5) is 15.3. The molecule has 0 unspecified atom stereocenters. The van der Waals surface area contributed by atoms with Crippen LogP contribution in [0.2, 0.25) is 0 Å². The Kier molecular flexibility index (Phi) is 3.38. The van der Waals surface area contributed by atoms with Gasteiger partial charge in [0.2, 0.25) is 0 Å². The number of aromatic carboxylic acids is 1. The molecular formula is C14H17N3O2. The maximum atomic E-state index is 11.3. The number of carboxylic acid groups (broad SMARTS) is 1. The zero-order valence-corrected chi connectivity index (χ0v) is 11.6. The minimum atomic E-state index is -0.992. The molecule has 5 heteroatoms. The third-order valence-electron chi connectivity index (χ3n) is 3.27. The number of carbonyl (C=O) groups is 1. The van der Waals surface area contributed by atoms with Gasteiger partial charge in [-0.25, -0.2) is 9.48 Å². The normalized spacial score (nSPS) is 10.7. The van der Waals surface area contributed by atoms with E-state index in [1.54, 1.807) is 10.7 Å². The summed E-state index contributed by atoms with van der Waals surface area (Å²) in [6, 6.07) is 1.75. The van der Waals surface area contributed by atoms with Gasteiger partial charge in [0.25, 0.3) is 0 Å². The Labute approximate surface area is 111 Å². The second-order valence-corrected chi connectivity index (χ2v) is 4.56. The van der Waals surface area contributed by atoms with Crippen molar-refractivity contribution in [3.8, 4) is 5.69 Å². The number of aromatic nitrogens is 3. The van der Waals surface area contributed by atoms with E-state index in [0.717, 1.165) is 29.1 Å². The lowest BCUT2D eigenvalue weighted by atomic mass is 10.1. The van der Waals surface area contributed by atoms with Crippen molar-refractivity contribution in [2.75, 3.05) is 0 Å². The number of hydrogen-bond acceptors (Lipinski definition) is 3. The van der Waals surface area contributed by atoms with E-state index in [-0.39, 0.29) is 5.56 Å². The Morgan fingerprint density at radius 1 is 1.37 bits per heavy atom. The second kappa shape index (κ2) is 4.84. The van der Waals surface area contributed by atoms with Gasteiger partial charge in [-0.1, -0.05) is 6.92 Å². The van der Waals surface area contributed by atoms with E-state index in [9.17, 15) is 9.90 Å². The summed E-state index contributed by atoms with van der Waals surface area (Å²) in [5, 5.41) is 13.7. The van der Waals surface area contributed by atoms with Crippen molar-refractivity contribution >= 4 is 5.97 Å². The molecule has 0 fully saturated rings. The highest BCUT2D eigenvalue weighted by molar-refractivity contribution is 5.91. The van der Waals surface area contributed by atoms with E-state index in [1.807, 2.05) is 20.8 Å². The van der Waals surface area contributed by atoms with Gasteiger partial charge in [-0.05, 0) is 38.8 Å². The Morgan fingerprint density at radius 2 is 2.05 bits per heavy atom. The van der Waals surface area contributed by atoms with Crippen molar-refractivity contribution < 1.29 is 9.90 Å². The average molecular weight is 259 g/mol. The molecule has 0 atom stereocenters. The molecule has 100 valence electrons. The fourth-order valence-corrected chi connectivity index (χ4v) is 2.31. The standard InChI is InChI=1S/C14H17N3O2/c1-5-11-9(3)16-17(10(11)4)13-6-8(2)15-7-12(13)14(18)19/h6-7H,5H2,1-4H3,(H,18,19). The van der Waals surface area contributed by atoms with Crippen molar-refractivity contribution in [1.82, 2.24) is 14.8 Å². The Bertz CT molecular complexity index is 644. The van der Waals surface area contributed by atoms with Crippen LogP contribution in [-0.2, 0) is 6.42 Å². The average Bonchev–Trinajstić information content (AvgIpc) is 2.63. The largest absolute Gasteiger partial charge is 0.478 e. The van der Waals surface area contributed by atoms with Gasteiger partial charge < -0.3 is 5.11 Å². The number of pyridine rings is 1. The van der Waals surface area contributed by atoms with Crippen LogP contribution in [0.1, 0.15) is 39.9 Å². The molecule has 2 aromatic heterocycles. The fraction of sp³-hybridized carbons (Fsp3) is 0.357. The molecule has 0 saturated heterocycles. The molecule has 19 heavy (non-hydrogen) atoms. The van der Waals surface area contributed by atoms with Gasteiger partial charge in [0.15, 0.2) is 0 Å². The predicted molar refractivity (Wildman–Crippen MR) is 71.9 cm³/mol. The molecule has 1 N–H and O–H groups in total. The van der Waals surface area contributed by atoms with Gasteiger partial charge in [-0.15, -0.1) is 0 Å². The topological polar surface area (TPSA) is 68.0 Å². The van der Waals surface area contributed by atoms with Gasteiger partial charge in [-0.2, -0.15) is 5.10 Å². The van der Waals surface area contributed by atoms with E-state index in [0.29, 0.717) is 5.69 Å². The molecule has 0 aliphatic carbocycles. The molecule has 5 nitrogen and oxygen atoms in total. The number of aryl methyl sites for hydroxylation is 2. The van der Waals surface area contributed by atoms with Crippen LogP contribution in [0.5, 0.6) is 0 Å². The Morgan fingerprint density at radius 3 is 2.58 bits per heavy atom. The van der Waals surface area contributed by atoms with E-state index >= 15 is 0 Å². The van der Waals surface area contributed by atoms with Crippen LogP contribution in [0, 0.1) is 20.8 Å². The van der Waals surface area contributed by atoms with Crippen LogP contribution in [0.15, 0.2) is 12.3 Å². The van der Waals surface area contributed by atoms with E-state index in [2.05, 4.69) is 17.0 Å². The molecule has 2 aromatic rings. The van der Waals surface area contributed by atoms with Gasteiger partial charge >= 0.3 is 5.97 Å². The predicted octanol–water partition coefficient (Wildman–Crippen LogP) is 2.45. The van der Waals surface area contributed by atoms with Gasteiger partial charge in [0.05, 0.1) is 11.4 Å². The number of rotatable bonds is 3. The highest BCUT2D eigenvalue weighted by Crippen LogP contribution is 2.21. The van der Waals surface area contributed by atoms with Crippen LogP contribution in [-0.4, -0.2) is 25.8 Å². The third kappa shape index (κ3) is 2.23. The second-order valence-electron chi connectivity index (χ2n) is 4.56. The zero-order chi connectivity index (χ0) is 14.2. The van der Waals surface area contributed by atoms with Crippen LogP contribution in [0.3, 0.4) is 0 Å². The molecule has 2 heterocycles. The Hall–Kier alpha value is -2.17. The molecule has 0 aliphatic rings. The SMILES string of the molecule is CCc1c(C)nn(-c2cc(C)ncc2C(=O)O)c1C. The number of hydrogen-bond donors (Lipinski definition) is 1. The molecule has 0 bridgehead atoms. The third-order valence-corrected chi connectivity index (χ3v) is 3.27. The maximum absolute atomic E-state index is 11.3. The summed E-state index contributed by atoms with van der Waals surface area (Å²) in [7, 11) is 0. The fourth-order valence-electron chi connectivity index (χ4n) is 2.31. The summed E-state index contributed by atoms with van der Waals surface area (Å²) in [5.41, 5.74) is 4.58. The first-order valence-electron chi connectivity index (χ1n) is 6.21. The highest BCUT2D eigenvalue weighted by atomic mass is 16.4. The van der Waals surface area contributed by atoms with Gasteiger partial charge in [0, 0.05) is 17.6 Å². The lowest BCUT2D eigenvalue weighted by Gasteiger charge is -2.09. The van der Waals surface area contributed by atoms with Gasteiger partial charge in [-0.3, -0.25) is 4.98 Å². The van der Waals surface area contributed by atoms with Crippen molar-refractivity contribution in [3.05, 3.63) is 40.5 Å². The zero-order valence-electron chi connectivity index (χ0n) is 11.6. The van der Waals surface area contributed by atoms with Crippen molar-refractivity contribution in [3.63, 3.8) is 0 Å². The Balaban J connectivity index is 2.71. The number of carboxylic acids is 1. The molecule has 2 rings (SSSR count). The van der Waals surface area contributed by atoms with Crippen molar-refractivity contribution in [2.24, 2.45) is 0 Å². The summed E-state index contributed by atoms with van der Waals surface area (Å²) in [6.45, 7) is 7.80. The number of nitrogens with zero attached hydrogens (tertiary/aromatic N) is 3. The van der Waals surface area contributed by atoms with E-state index in [1.165, 1.54) is 6.20 Å². The molecule has 0 radical (unpaired) electrons. The van der Waals surface area contributed by atoms with Crippen LogP contribution < -0.4 is 0 Å². The van der Waals surface area contributed by atoms with Crippen LogP contribution in [0.4, 0.5) is 0 Å².